The Hall–Kier alpha value is -2.33. The molecule has 3 heterocycles. The summed E-state index contributed by atoms with van der Waals surface area (Å²) in [4.78, 5) is 25.3. The first-order chi connectivity index (χ1) is 12.4. The molecule has 1 fully saturated rings. The number of nitrogens with one attached hydrogen (secondary N) is 1. The van der Waals surface area contributed by atoms with Gasteiger partial charge in [0.2, 0.25) is 5.95 Å². The fourth-order valence-electron chi connectivity index (χ4n) is 2.54. The van der Waals surface area contributed by atoms with Crippen LogP contribution < -0.4 is 10.2 Å². The van der Waals surface area contributed by atoms with Crippen molar-refractivity contribution in [3.05, 3.63) is 40.5 Å². The Bertz CT molecular complexity index is 805. The number of ether oxygens (including phenoxy) is 1. The molecule has 10 heteroatoms. The number of nitrogens with zero attached hydrogens (tertiary/aromatic N) is 4. The summed E-state index contributed by atoms with van der Waals surface area (Å²) in [5.74, 6) is -0.899. The van der Waals surface area contributed by atoms with Crippen molar-refractivity contribution in [2.75, 3.05) is 16.8 Å². The van der Waals surface area contributed by atoms with E-state index in [4.69, 9.17) is 4.74 Å². The molecule has 1 aliphatic heterocycles. The number of pyridine rings is 1. The van der Waals surface area contributed by atoms with Gasteiger partial charge in [-0.1, -0.05) is 0 Å². The summed E-state index contributed by atoms with van der Waals surface area (Å²) in [6.45, 7) is 3.31. The van der Waals surface area contributed by atoms with Crippen molar-refractivity contribution in [2.45, 2.75) is 32.0 Å². The van der Waals surface area contributed by atoms with Crippen LogP contribution in [0.25, 0.3) is 0 Å². The highest BCUT2D eigenvalue weighted by atomic mass is 79.9. The highest BCUT2D eigenvalue weighted by Crippen LogP contribution is 2.27. The van der Waals surface area contributed by atoms with Crippen LogP contribution in [0.4, 0.5) is 21.0 Å². The number of aliphatic hydroxyl groups excluding tert-OH is 1. The highest BCUT2D eigenvalue weighted by molar-refractivity contribution is 9.10. The minimum atomic E-state index is -0.905. The maximum absolute atomic E-state index is 14.2. The first kappa shape index (κ1) is 18.5. The molecule has 2 aromatic rings. The van der Waals surface area contributed by atoms with E-state index in [0.29, 0.717) is 0 Å². The smallest absolute Gasteiger partial charge is 0.416 e. The van der Waals surface area contributed by atoms with E-state index in [1.54, 1.807) is 6.20 Å². The molecule has 8 nitrogen and oxygen atoms in total. The van der Waals surface area contributed by atoms with Gasteiger partial charge in [0.05, 0.1) is 24.0 Å². The number of aromatic nitrogens is 3. The molecule has 0 spiro atoms. The molecule has 0 aromatic carbocycles. The number of aliphatic hydroxyl groups is 1. The molecule has 0 unspecified atom stereocenters. The Morgan fingerprint density at radius 1 is 1.38 bits per heavy atom. The molecule has 1 amide bonds. The first-order valence-electron chi connectivity index (χ1n) is 7.91. The van der Waals surface area contributed by atoms with Gasteiger partial charge >= 0.3 is 6.09 Å². The topological polar surface area (TPSA) is 100 Å². The van der Waals surface area contributed by atoms with Gasteiger partial charge in [-0.25, -0.2) is 19.1 Å². The second-order valence-electron chi connectivity index (χ2n) is 5.89. The molecule has 0 saturated carbocycles. The molecular formula is C16H17BrFN5O3. The number of carbonyl (C=O) groups is 1. The van der Waals surface area contributed by atoms with Crippen LogP contribution in [0.2, 0.25) is 0 Å². The lowest BCUT2D eigenvalue weighted by molar-refractivity contribution is 0.142. The van der Waals surface area contributed by atoms with Gasteiger partial charge in [0, 0.05) is 10.7 Å². The number of hydrogen-bond donors (Lipinski definition) is 2. The first-order valence-corrected chi connectivity index (χ1v) is 8.70. The van der Waals surface area contributed by atoms with Crippen molar-refractivity contribution in [1.29, 1.82) is 0 Å². The van der Waals surface area contributed by atoms with E-state index in [0.717, 1.165) is 21.3 Å². The van der Waals surface area contributed by atoms with Crippen LogP contribution in [-0.4, -0.2) is 44.9 Å². The average Bonchev–Trinajstić information content (AvgIpc) is 2.99. The van der Waals surface area contributed by atoms with E-state index >= 15 is 0 Å². The zero-order chi connectivity index (χ0) is 18.8. The van der Waals surface area contributed by atoms with E-state index in [-0.39, 0.29) is 24.4 Å². The highest BCUT2D eigenvalue weighted by Gasteiger charge is 2.39. The van der Waals surface area contributed by atoms with E-state index in [1.807, 2.05) is 19.1 Å². The lowest BCUT2D eigenvalue weighted by Gasteiger charge is -2.23. The predicted molar refractivity (Wildman–Crippen MR) is 95.3 cm³/mol. The number of hydrogen-bond acceptors (Lipinski definition) is 7. The number of amides is 1. The average molecular weight is 426 g/mol. The van der Waals surface area contributed by atoms with Crippen LogP contribution >= 0.6 is 15.9 Å². The summed E-state index contributed by atoms with van der Waals surface area (Å²) in [5, 5.41) is 12.8. The minimum absolute atomic E-state index is 0.0398. The van der Waals surface area contributed by atoms with Crippen LogP contribution in [0.15, 0.2) is 29.0 Å². The van der Waals surface area contributed by atoms with Crippen molar-refractivity contribution < 1.29 is 19.0 Å². The largest absolute Gasteiger partial charge is 0.447 e. The Morgan fingerprint density at radius 2 is 2.15 bits per heavy atom. The fourth-order valence-corrected chi connectivity index (χ4v) is 2.78. The van der Waals surface area contributed by atoms with Gasteiger partial charge < -0.3 is 15.2 Å². The maximum atomic E-state index is 14.2. The van der Waals surface area contributed by atoms with Crippen molar-refractivity contribution in [1.82, 2.24) is 15.0 Å². The number of carbonyl (C=O) groups excluding carboxylic acids is 1. The van der Waals surface area contributed by atoms with Gasteiger partial charge in [-0.3, -0.25) is 4.98 Å². The van der Waals surface area contributed by atoms with E-state index < -0.39 is 24.1 Å². The molecular weight excluding hydrogens is 409 g/mol. The Labute approximate surface area is 157 Å². The van der Waals surface area contributed by atoms with Gasteiger partial charge in [0.1, 0.15) is 12.6 Å². The fraction of sp³-hybridized carbons (Fsp3) is 0.375. The van der Waals surface area contributed by atoms with Crippen molar-refractivity contribution in [3.63, 3.8) is 0 Å². The summed E-state index contributed by atoms with van der Waals surface area (Å²) in [6, 6.07) is 2.71. The molecule has 138 valence electrons. The van der Waals surface area contributed by atoms with Crippen molar-refractivity contribution >= 4 is 33.8 Å². The normalized spacial score (nSPS) is 19.2. The molecule has 2 aromatic heterocycles. The predicted octanol–water partition coefficient (Wildman–Crippen LogP) is 2.65. The Balaban J connectivity index is 1.85. The quantitative estimate of drug-likeness (QED) is 0.758. The number of anilines is 2. The van der Waals surface area contributed by atoms with Crippen LogP contribution in [0.3, 0.4) is 0 Å². The standard InChI is InChI=1S/C16H17BrFN5O3/c1-8(12-4-3-10(17)5-19-12)21-15-20-6-11(18)14(22-15)23-13(9(2)24)7-26-16(23)25/h3-6,8-9,13,24H,7H2,1-2H3,(H,20,21,22)/t8-,9+,13+/m0/s1. The molecule has 0 bridgehead atoms. The summed E-state index contributed by atoms with van der Waals surface area (Å²) in [6.07, 6.45) is 0.967. The van der Waals surface area contributed by atoms with Gasteiger partial charge in [0.25, 0.3) is 0 Å². The second-order valence-corrected chi connectivity index (χ2v) is 6.80. The number of rotatable bonds is 5. The zero-order valence-corrected chi connectivity index (χ0v) is 15.6. The number of halogens is 2. The third kappa shape index (κ3) is 3.75. The molecule has 3 rings (SSSR count). The van der Waals surface area contributed by atoms with E-state index in [9.17, 15) is 14.3 Å². The molecule has 1 saturated heterocycles. The van der Waals surface area contributed by atoms with Crippen molar-refractivity contribution in [3.8, 4) is 0 Å². The molecule has 1 aliphatic rings. The van der Waals surface area contributed by atoms with Crippen LogP contribution in [0.5, 0.6) is 0 Å². The monoisotopic (exact) mass is 425 g/mol. The lowest BCUT2D eigenvalue weighted by Crippen LogP contribution is -2.42. The summed E-state index contributed by atoms with van der Waals surface area (Å²) in [7, 11) is 0. The third-order valence-corrected chi connectivity index (χ3v) is 4.43. The Morgan fingerprint density at radius 3 is 2.81 bits per heavy atom. The van der Waals surface area contributed by atoms with Gasteiger partial charge in [-0.05, 0) is 41.9 Å². The van der Waals surface area contributed by atoms with Gasteiger partial charge in [-0.2, -0.15) is 4.98 Å². The summed E-state index contributed by atoms with van der Waals surface area (Å²) >= 11 is 3.32. The maximum Gasteiger partial charge on any atom is 0.416 e. The van der Waals surface area contributed by atoms with Gasteiger partial charge in [0.15, 0.2) is 11.6 Å². The van der Waals surface area contributed by atoms with E-state index in [1.165, 1.54) is 6.92 Å². The minimum Gasteiger partial charge on any atom is -0.447 e. The summed E-state index contributed by atoms with van der Waals surface area (Å²) < 4.78 is 20.0. The molecule has 3 atom stereocenters. The SMILES string of the molecule is C[C@H](Nc1ncc(F)c(N2C(=O)OC[C@@H]2[C@@H](C)O)n1)c1ccc(Br)cn1. The summed E-state index contributed by atoms with van der Waals surface area (Å²) in [5.41, 5.74) is 0.741. The lowest BCUT2D eigenvalue weighted by atomic mass is 10.2. The Kier molecular flexibility index (Phi) is 5.33. The third-order valence-electron chi connectivity index (χ3n) is 3.96. The van der Waals surface area contributed by atoms with Crippen LogP contribution in [-0.2, 0) is 4.74 Å². The molecule has 2 N–H and O–H groups in total. The van der Waals surface area contributed by atoms with E-state index in [2.05, 4.69) is 36.2 Å². The van der Waals surface area contributed by atoms with Crippen molar-refractivity contribution in [2.24, 2.45) is 0 Å². The molecule has 0 radical (unpaired) electrons. The second kappa shape index (κ2) is 7.50. The molecule has 0 aliphatic carbocycles. The van der Waals surface area contributed by atoms with Crippen LogP contribution in [0.1, 0.15) is 25.6 Å². The zero-order valence-electron chi connectivity index (χ0n) is 14.1. The number of cyclic esters (lactones) is 1. The molecule has 26 heavy (non-hydrogen) atoms. The van der Waals surface area contributed by atoms with Gasteiger partial charge in [-0.15, -0.1) is 0 Å². The van der Waals surface area contributed by atoms with Crippen LogP contribution in [0, 0.1) is 5.82 Å².